The van der Waals surface area contributed by atoms with Crippen LogP contribution >= 0.6 is 0 Å². The summed E-state index contributed by atoms with van der Waals surface area (Å²) < 4.78 is 76.3. The van der Waals surface area contributed by atoms with E-state index in [0.717, 1.165) is 51.4 Å². The summed E-state index contributed by atoms with van der Waals surface area (Å²) in [5.41, 5.74) is -0.176. The largest absolute Gasteiger partial charge is 0.743 e. The lowest BCUT2D eigenvalue weighted by molar-refractivity contribution is -0.175. The second-order valence-corrected chi connectivity index (χ2v) is 14.5. The lowest BCUT2D eigenvalue weighted by atomic mass is 9.43. The van der Waals surface area contributed by atoms with Crippen molar-refractivity contribution >= 4 is 16.1 Å². The number of rotatable bonds is 8. The molecule has 0 aromatic carbocycles. The van der Waals surface area contributed by atoms with Gasteiger partial charge in [0, 0.05) is 6.42 Å². The van der Waals surface area contributed by atoms with E-state index in [1.807, 2.05) is 6.92 Å². The molecule has 0 amide bonds. The molecule has 2 N–H and O–H groups in total. The minimum absolute atomic E-state index is 0.0186. The topological polar surface area (TPSA) is 124 Å². The summed E-state index contributed by atoms with van der Waals surface area (Å²) in [6.07, 6.45) is 3.57. The minimum Gasteiger partial charge on any atom is -0.743 e. The summed E-state index contributed by atoms with van der Waals surface area (Å²) in [4.78, 5) is 12.1. The van der Waals surface area contributed by atoms with Gasteiger partial charge in [-0.15, -0.1) is 0 Å². The van der Waals surface area contributed by atoms with Gasteiger partial charge in [0.15, 0.2) is 10.1 Å². The second kappa shape index (κ2) is 10.5. The molecule has 4 aliphatic carbocycles. The van der Waals surface area contributed by atoms with Gasteiger partial charge in [0.1, 0.15) is 6.61 Å². The van der Waals surface area contributed by atoms with Gasteiger partial charge in [0.2, 0.25) is 6.17 Å². The van der Waals surface area contributed by atoms with Gasteiger partial charge in [-0.05, 0) is 104 Å². The molecule has 0 saturated heterocycles. The fraction of sp³-hybridized carbons (Fsp3) is 0.963. The Balaban J connectivity index is 1.36. The zero-order chi connectivity index (χ0) is 28.3. The smallest absolute Gasteiger partial charge is 0.368 e. The Morgan fingerprint density at radius 1 is 1.11 bits per heavy atom. The Bertz CT molecular complexity index is 993. The molecule has 0 aromatic heterocycles. The van der Waals surface area contributed by atoms with Gasteiger partial charge >= 0.3 is 11.2 Å². The SMILES string of the molecule is C[C@H](CCC(=O)OCC(F)C(F)(F)S(=O)(=O)[O-])[C@H]1CC[C@H]2[C@@H]3CC[C@@H]4C[C@H](O)CC[C@]4(C)[C@H]3C[C@H](O)[C@]12C. The number of halogens is 3. The van der Waals surface area contributed by atoms with Crippen molar-refractivity contribution in [2.75, 3.05) is 6.61 Å². The number of aliphatic hydroxyl groups excluding tert-OH is 2. The summed E-state index contributed by atoms with van der Waals surface area (Å²) in [5, 5.41) is 16.7. The third kappa shape index (κ3) is 5.02. The monoisotopic (exact) mass is 567 g/mol. The van der Waals surface area contributed by atoms with Gasteiger partial charge in [0.05, 0.1) is 12.2 Å². The zero-order valence-corrected chi connectivity index (χ0v) is 23.3. The van der Waals surface area contributed by atoms with Gasteiger partial charge in [-0.25, -0.2) is 12.8 Å². The molecule has 0 bridgehead atoms. The van der Waals surface area contributed by atoms with Gasteiger partial charge in [0.25, 0.3) is 0 Å². The molecular formula is C27H42F3O7S-. The van der Waals surface area contributed by atoms with E-state index in [1.165, 1.54) is 0 Å². The van der Waals surface area contributed by atoms with E-state index in [0.29, 0.717) is 30.1 Å². The predicted octanol–water partition coefficient (Wildman–Crippen LogP) is 4.41. The second-order valence-electron chi connectivity index (χ2n) is 13.1. The van der Waals surface area contributed by atoms with Gasteiger partial charge in [-0.1, -0.05) is 20.8 Å². The molecule has 11 atom stereocenters. The van der Waals surface area contributed by atoms with Crippen LogP contribution in [0.25, 0.3) is 0 Å². The number of esters is 1. The highest BCUT2D eigenvalue weighted by Gasteiger charge is 2.63. The maximum Gasteiger partial charge on any atom is 0.368 e. The summed E-state index contributed by atoms with van der Waals surface area (Å²) in [7, 11) is -6.22. The first-order chi connectivity index (χ1) is 17.5. The summed E-state index contributed by atoms with van der Waals surface area (Å²) in [6, 6.07) is 0. The molecule has 1 unspecified atom stereocenters. The highest BCUT2D eigenvalue weighted by molar-refractivity contribution is 7.86. The maximum atomic E-state index is 13.6. The zero-order valence-electron chi connectivity index (χ0n) is 22.5. The average Bonchev–Trinajstić information content (AvgIpc) is 3.20. The molecule has 0 spiro atoms. The molecule has 7 nitrogen and oxygen atoms in total. The maximum absolute atomic E-state index is 13.6. The van der Waals surface area contributed by atoms with Crippen molar-refractivity contribution in [1.29, 1.82) is 0 Å². The Morgan fingerprint density at radius 3 is 2.45 bits per heavy atom. The van der Waals surface area contributed by atoms with Crippen LogP contribution in [0.5, 0.6) is 0 Å². The van der Waals surface area contributed by atoms with Crippen LogP contribution in [-0.4, -0.2) is 59.4 Å². The van der Waals surface area contributed by atoms with E-state index in [9.17, 15) is 41.1 Å². The number of aliphatic hydroxyl groups is 2. The van der Waals surface area contributed by atoms with E-state index in [-0.39, 0.29) is 35.2 Å². The highest BCUT2D eigenvalue weighted by atomic mass is 32.2. The van der Waals surface area contributed by atoms with Crippen molar-refractivity contribution in [3.63, 3.8) is 0 Å². The molecule has 4 saturated carbocycles. The fourth-order valence-electron chi connectivity index (χ4n) is 9.20. The molecule has 11 heteroatoms. The fourth-order valence-corrected chi connectivity index (χ4v) is 9.58. The number of carbonyl (C=O) groups excluding carboxylic acids is 1. The molecule has 4 rings (SSSR count). The summed E-state index contributed by atoms with van der Waals surface area (Å²) >= 11 is 0. The molecule has 4 fully saturated rings. The van der Waals surface area contributed by atoms with E-state index >= 15 is 0 Å². The van der Waals surface area contributed by atoms with Crippen LogP contribution in [0, 0.1) is 46.3 Å². The lowest BCUT2D eigenvalue weighted by Crippen LogP contribution is -2.58. The van der Waals surface area contributed by atoms with E-state index in [1.54, 1.807) is 0 Å². The first-order valence-corrected chi connectivity index (χ1v) is 15.4. The van der Waals surface area contributed by atoms with Crippen LogP contribution in [-0.2, 0) is 19.6 Å². The highest BCUT2D eigenvalue weighted by Crippen LogP contribution is 2.68. The summed E-state index contributed by atoms with van der Waals surface area (Å²) in [5.74, 6) is 1.03. The molecule has 0 radical (unpaired) electrons. The van der Waals surface area contributed by atoms with Gasteiger partial charge < -0.3 is 19.5 Å². The van der Waals surface area contributed by atoms with Crippen LogP contribution in [0.1, 0.15) is 85.0 Å². The molecule has 0 aliphatic heterocycles. The van der Waals surface area contributed by atoms with Crippen molar-refractivity contribution in [2.45, 2.75) is 109 Å². The van der Waals surface area contributed by atoms with E-state index in [2.05, 4.69) is 18.6 Å². The number of fused-ring (bicyclic) bond motifs is 5. The van der Waals surface area contributed by atoms with Crippen LogP contribution < -0.4 is 0 Å². The third-order valence-corrected chi connectivity index (χ3v) is 12.3. The van der Waals surface area contributed by atoms with Gasteiger partial charge in [-0.2, -0.15) is 8.78 Å². The first kappa shape index (κ1) is 30.1. The molecular weight excluding hydrogens is 525 g/mol. The van der Waals surface area contributed by atoms with Gasteiger partial charge in [-0.3, -0.25) is 4.79 Å². The van der Waals surface area contributed by atoms with Crippen molar-refractivity contribution in [1.82, 2.24) is 0 Å². The molecule has 0 aromatic rings. The lowest BCUT2D eigenvalue weighted by Gasteiger charge is -2.62. The standard InChI is InChI=1S/C27H43F3O7S/c1-15(4-9-24(33)37-14-22(28)27(29,30)38(34,35)36)19-7-8-20-18-6-5-16-12-17(31)10-11-25(16,2)21(18)13-23(32)26(19,20)3/h15-23,31-32H,4-14H2,1-3H3,(H,34,35,36)/p-1/t15-,16-,17-,18+,19-,20+,21+,22?,23+,25+,26-/m1/s1. The number of ether oxygens (including phenoxy) is 1. The first-order valence-electron chi connectivity index (χ1n) is 14.0. The minimum atomic E-state index is -6.22. The van der Waals surface area contributed by atoms with Crippen molar-refractivity contribution < 1.29 is 45.9 Å². The van der Waals surface area contributed by atoms with Crippen LogP contribution in [0.3, 0.4) is 0 Å². The number of alkyl halides is 3. The quantitative estimate of drug-likeness (QED) is 0.329. The van der Waals surface area contributed by atoms with Crippen molar-refractivity contribution in [3.8, 4) is 0 Å². The number of hydrogen-bond acceptors (Lipinski definition) is 7. The Morgan fingerprint density at radius 2 is 1.79 bits per heavy atom. The molecule has 38 heavy (non-hydrogen) atoms. The molecule has 0 heterocycles. The summed E-state index contributed by atoms with van der Waals surface area (Å²) in [6.45, 7) is 5.02. The molecule has 220 valence electrons. The van der Waals surface area contributed by atoms with Crippen LogP contribution in [0.4, 0.5) is 13.2 Å². The predicted molar refractivity (Wildman–Crippen MR) is 132 cm³/mol. The van der Waals surface area contributed by atoms with Crippen molar-refractivity contribution in [2.24, 2.45) is 46.3 Å². The van der Waals surface area contributed by atoms with Crippen molar-refractivity contribution in [3.05, 3.63) is 0 Å². The van der Waals surface area contributed by atoms with E-state index < -0.39 is 40.2 Å². The Kier molecular flexibility index (Phi) is 8.30. The number of hydrogen-bond donors (Lipinski definition) is 2. The Hall–Kier alpha value is -0.910. The van der Waals surface area contributed by atoms with Crippen LogP contribution in [0.2, 0.25) is 0 Å². The van der Waals surface area contributed by atoms with E-state index in [4.69, 9.17) is 0 Å². The average molecular weight is 568 g/mol. The van der Waals surface area contributed by atoms with Crippen LogP contribution in [0.15, 0.2) is 0 Å². The normalized spacial score (nSPS) is 42.9. The third-order valence-electron chi connectivity index (χ3n) is 11.4. The Labute approximate surface area is 223 Å². The number of carbonyl (C=O) groups is 1. The molecule has 4 aliphatic rings.